The van der Waals surface area contributed by atoms with Gasteiger partial charge in [-0.2, -0.15) is 5.10 Å². The first kappa shape index (κ1) is 18.4. The molecule has 0 amide bonds. The Bertz CT molecular complexity index is 1080. The lowest BCUT2D eigenvalue weighted by molar-refractivity contribution is 1.12. The molecule has 5 nitrogen and oxygen atoms in total. The molecule has 3 N–H and O–H groups in total. The summed E-state index contributed by atoms with van der Waals surface area (Å²) in [5.74, 6) is 0.438. The number of nitrogens with two attached hydrogens (primary N) is 1. The molecule has 0 aliphatic carbocycles. The first-order valence-electron chi connectivity index (χ1n) is 9.35. The monoisotopic (exact) mass is 379 g/mol. The molecule has 0 fully saturated rings. The molecule has 0 radical (unpaired) electrons. The van der Waals surface area contributed by atoms with Gasteiger partial charge in [0.2, 0.25) is 5.95 Å². The van der Waals surface area contributed by atoms with E-state index in [1.165, 1.54) is 0 Å². The quantitative estimate of drug-likeness (QED) is 0.283. The standard InChI is InChI=1S/C24H21N5/c1-17(20-13-8-14-21(25)15-20)28-29-24-26-22(18-9-4-2-5-10-18)16-23(27-24)19-11-6-3-7-12-19/h2-16H,25H2,1H3,(H,26,27,29)/b28-17+. The fourth-order valence-electron chi connectivity index (χ4n) is 2.97. The molecule has 0 saturated heterocycles. The molecule has 142 valence electrons. The molecule has 29 heavy (non-hydrogen) atoms. The molecule has 0 aliphatic rings. The van der Waals surface area contributed by atoms with Gasteiger partial charge in [-0.1, -0.05) is 72.8 Å². The number of anilines is 2. The summed E-state index contributed by atoms with van der Waals surface area (Å²) in [6.45, 7) is 1.92. The van der Waals surface area contributed by atoms with Gasteiger partial charge in [0, 0.05) is 16.8 Å². The van der Waals surface area contributed by atoms with Crippen molar-refractivity contribution in [1.82, 2.24) is 9.97 Å². The van der Waals surface area contributed by atoms with Crippen LogP contribution in [0.1, 0.15) is 12.5 Å². The minimum absolute atomic E-state index is 0.438. The summed E-state index contributed by atoms with van der Waals surface area (Å²) in [7, 11) is 0. The highest BCUT2D eigenvalue weighted by molar-refractivity contribution is 5.99. The van der Waals surface area contributed by atoms with Crippen LogP contribution in [0.2, 0.25) is 0 Å². The number of hydrazone groups is 1. The van der Waals surface area contributed by atoms with E-state index in [2.05, 4.69) is 20.5 Å². The SMILES string of the molecule is C/C(=N\Nc1nc(-c2ccccc2)cc(-c2ccccc2)n1)c1cccc(N)c1. The Labute approximate surface area is 170 Å². The van der Waals surface area contributed by atoms with Crippen LogP contribution in [-0.2, 0) is 0 Å². The Hall–Kier alpha value is -3.99. The third-order valence-corrected chi connectivity index (χ3v) is 4.49. The van der Waals surface area contributed by atoms with Gasteiger partial charge in [0.15, 0.2) is 0 Å². The maximum absolute atomic E-state index is 5.87. The number of nitrogens with zero attached hydrogens (tertiary/aromatic N) is 3. The Kier molecular flexibility index (Phi) is 5.29. The van der Waals surface area contributed by atoms with Crippen LogP contribution < -0.4 is 11.2 Å². The maximum atomic E-state index is 5.87. The number of rotatable bonds is 5. The number of nitrogen functional groups attached to an aromatic ring is 1. The molecule has 0 aliphatic heterocycles. The number of aromatic nitrogens is 2. The molecule has 5 heteroatoms. The lowest BCUT2D eigenvalue weighted by Gasteiger charge is -2.09. The average molecular weight is 379 g/mol. The molecular formula is C24H21N5. The van der Waals surface area contributed by atoms with E-state index in [0.29, 0.717) is 11.6 Å². The van der Waals surface area contributed by atoms with Gasteiger partial charge >= 0.3 is 0 Å². The van der Waals surface area contributed by atoms with E-state index < -0.39 is 0 Å². The fraction of sp³-hybridized carbons (Fsp3) is 0.0417. The van der Waals surface area contributed by atoms with Crippen LogP contribution >= 0.6 is 0 Å². The predicted octanol–water partition coefficient (Wildman–Crippen LogP) is 5.23. The lowest BCUT2D eigenvalue weighted by Crippen LogP contribution is -2.04. The van der Waals surface area contributed by atoms with Crippen molar-refractivity contribution < 1.29 is 0 Å². The van der Waals surface area contributed by atoms with Crippen molar-refractivity contribution in [3.63, 3.8) is 0 Å². The van der Waals surface area contributed by atoms with Crippen LogP contribution in [0.4, 0.5) is 11.6 Å². The largest absolute Gasteiger partial charge is 0.399 e. The van der Waals surface area contributed by atoms with Crippen molar-refractivity contribution >= 4 is 17.3 Å². The van der Waals surface area contributed by atoms with Gasteiger partial charge in [0.25, 0.3) is 0 Å². The second kappa shape index (κ2) is 8.35. The summed E-state index contributed by atoms with van der Waals surface area (Å²) in [6, 6.07) is 29.7. The molecule has 4 rings (SSSR count). The summed E-state index contributed by atoms with van der Waals surface area (Å²) in [4.78, 5) is 9.32. The van der Waals surface area contributed by atoms with Crippen molar-refractivity contribution in [3.8, 4) is 22.5 Å². The van der Waals surface area contributed by atoms with Crippen LogP contribution in [0.15, 0.2) is 96.1 Å². The van der Waals surface area contributed by atoms with Gasteiger partial charge < -0.3 is 5.73 Å². The topological polar surface area (TPSA) is 76.2 Å². The van der Waals surface area contributed by atoms with Gasteiger partial charge in [-0.05, 0) is 30.7 Å². The Morgan fingerprint density at radius 1 is 0.759 bits per heavy atom. The zero-order valence-corrected chi connectivity index (χ0v) is 16.1. The Balaban J connectivity index is 1.71. The van der Waals surface area contributed by atoms with Gasteiger partial charge in [-0.15, -0.1) is 0 Å². The second-order valence-electron chi connectivity index (χ2n) is 6.63. The van der Waals surface area contributed by atoms with E-state index in [0.717, 1.165) is 33.8 Å². The third kappa shape index (κ3) is 4.47. The first-order valence-corrected chi connectivity index (χ1v) is 9.35. The van der Waals surface area contributed by atoms with Crippen LogP contribution in [0.3, 0.4) is 0 Å². The molecule has 1 aromatic heterocycles. The zero-order chi connectivity index (χ0) is 20.1. The molecule has 0 saturated carbocycles. The summed E-state index contributed by atoms with van der Waals surface area (Å²) >= 11 is 0. The van der Waals surface area contributed by atoms with Crippen molar-refractivity contribution in [2.24, 2.45) is 5.10 Å². The van der Waals surface area contributed by atoms with E-state index in [4.69, 9.17) is 5.73 Å². The van der Waals surface area contributed by atoms with Crippen LogP contribution in [0.25, 0.3) is 22.5 Å². The highest BCUT2D eigenvalue weighted by Crippen LogP contribution is 2.25. The normalized spacial score (nSPS) is 11.3. The lowest BCUT2D eigenvalue weighted by atomic mass is 10.1. The molecule has 1 heterocycles. The average Bonchev–Trinajstić information content (AvgIpc) is 2.78. The van der Waals surface area contributed by atoms with Gasteiger partial charge in [-0.3, -0.25) is 0 Å². The molecule has 0 atom stereocenters. The van der Waals surface area contributed by atoms with E-state index in [1.54, 1.807) is 0 Å². The molecule has 3 aromatic carbocycles. The van der Waals surface area contributed by atoms with Crippen molar-refractivity contribution in [3.05, 3.63) is 96.6 Å². The summed E-state index contributed by atoms with van der Waals surface area (Å²) in [5.41, 5.74) is 15.0. The number of hydrogen-bond donors (Lipinski definition) is 2. The van der Waals surface area contributed by atoms with Gasteiger partial charge in [0.1, 0.15) is 0 Å². The van der Waals surface area contributed by atoms with Crippen molar-refractivity contribution in [2.75, 3.05) is 11.2 Å². The predicted molar refractivity (Wildman–Crippen MR) is 120 cm³/mol. The van der Waals surface area contributed by atoms with E-state index in [1.807, 2.05) is 97.9 Å². The van der Waals surface area contributed by atoms with Gasteiger partial charge in [0.05, 0.1) is 17.1 Å². The van der Waals surface area contributed by atoms with Crippen molar-refractivity contribution in [1.29, 1.82) is 0 Å². The highest BCUT2D eigenvalue weighted by atomic mass is 15.4. The number of hydrogen-bond acceptors (Lipinski definition) is 5. The third-order valence-electron chi connectivity index (χ3n) is 4.49. The number of nitrogens with one attached hydrogen (secondary N) is 1. The second-order valence-corrected chi connectivity index (χ2v) is 6.63. The van der Waals surface area contributed by atoms with Crippen molar-refractivity contribution in [2.45, 2.75) is 6.92 Å². The summed E-state index contributed by atoms with van der Waals surface area (Å²) < 4.78 is 0. The van der Waals surface area contributed by atoms with E-state index in [-0.39, 0.29) is 0 Å². The van der Waals surface area contributed by atoms with Crippen LogP contribution in [0.5, 0.6) is 0 Å². The molecule has 0 unspecified atom stereocenters. The Morgan fingerprint density at radius 2 is 1.34 bits per heavy atom. The smallest absolute Gasteiger partial charge is 0.244 e. The molecular weight excluding hydrogens is 358 g/mol. The Morgan fingerprint density at radius 3 is 1.90 bits per heavy atom. The zero-order valence-electron chi connectivity index (χ0n) is 16.1. The van der Waals surface area contributed by atoms with Gasteiger partial charge in [-0.25, -0.2) is 15.4 Å². The molecule has 0 spiro atoms. The first-order chi connectivity index (χ1) is 14.2. The highest BCUT2D eigenvalue weighted by Gasteiger charge is 2.08. The maximum Gasteiger partial charge on any atom is 0.244 e. The minimum atomic E-state index is 0.438. The van der Waals surface area contributed by atoms with E-state index in [9.17, 15) is 0 Å². The fourth-order valence-corrected chi connectivity index (χ4v) is 2.97. The molecule has 4 aromatic rings. The van der Waals surface area contributed by atoms with E-state index >= 15 is 0 Å². The summed E-state index contributed by atoms with van der Waals surface area (Å²) in [6.07, 6.45) is 0. The van der Waals surface area contributed by atoms with Crippen LogP contribution in [0, 0.1) is 0 Å². The minimum Gasteiger partial charge on any atom is -0.399 e. The molecule has 0 bridgehead atoms. The summed E-state index contributed by atoms with van der Waals surface area (Å²) in [5, 5.41) is 4.46. The van der Waals surface area contributed by atoms with Crippen LogP contribution in [-0.4, -0.2) is 15.7 Å². The number of benzene rings is 3.